The molecule has 3 N–H and O–H groups in total. The predicted octanol–water partition coefficient (Wildman–Crippen LogP) is 4.72. The third-order valence-electron chi connectivity index (χ3n) is 5.66. The smallest absolute Gasteiger partial charge is 0.337 e. The fourth-order valence-electron chi connectivity index (χ4n) is 4.00. The minimum Gasteiger partial charge on any atom is -0.465 e. The summed E-state index contributed by atoms with van der Waals surface area (Å²) in [5, 5.41) is 6.33. The standard InChI is InChI=1S/C27H22N4O3/c1-34-27(33)19-9-12-22-23(14-19)31-26(32)24(22)25(18-5-3-2-4-6-18)30-20-10-7-17(8-11-20)13-21-15-28-16-29-21/h2-12,14-16,30H,13H2,1H3,(H,28,29)(H,31,32). The molecule has 0 radical (unpaired) electrons. The molecule has 3 aromatic carbocycles. The number of benzene rings is 3. The van der Waals surface area contributed by atoms with Crippen molar-refractivity contribution in [2.45, 2.75) is 6.42 Å². The third kappa shape index (κ3) is 4.19. The number of rotatable bonds is 6. The first-order chi connectivity index (χ1) is 16.6. The summed E-state index contributed by atoms with van der Waals surface area (Å²) in [6.07, 6.45) is 4.28. The number of carbonyl (C=O) groups is 2. The van der Waals surface area contributed by atoms with Gasteiger partial charge in [0.1, 0.15) is 0 Å². The molecule has 0 saturated carbocycles. The highest BCUT2D eigenvalue weighted by Crippen LogP contribution is 2.38. The van der Waals surface area contributed by atoms with Gasteiger partial charge >= 0.3 is 5.97 Å². The van der Waals surface area contributed by atoms with Gasteiger partial charge in [-0.3, -0.25) is 4.79 Å². The van der Waals surface area contributed by atoms with Crippen molar-refractivity contribution in [3.63, 3.8) is 0 Å². The van der Waals surface area contributed by atoms with Crippen LogP contribution in [0.25, 0.3) is 11.3 Å². The van der Waals surface area contributed by atoms with Crippen molar-refractivity contribution in [2.24, 2.45) is 0 Å². The van der Waals surface area contributed by atoms with Crippen LogP contribution in [0.4, 0.5) is 11.4 Å². The molecule has 1 aliphatic heterocycles. The van der Waals surface area contributed by atoms with E-state index in [1.54, 1.807) is 24.5 Å². The number of aromatic nitrogens is 2. The van der Waals surface area contributed by atoms with Crippen LogP contribution in [0, 0.1) is 0 Å². The van der Waals surface area contributed by atoms with E-state index in [9.17, 15) is 9.59 Å². The lowest BCUT2D eigenvalue weighted by molar-refractivity contribution is -0.110. The van der Waals surface area contributed by atoms with Crippen LogP contribution in [0.3, 0.4) is 0 Å². The van der Waals surface area contributed by atoms with E-state index >= 15 is 0 Å². The summed E-state index contributed by atoms with van der Waals surface area (Å²) in [5.74, 6) is -0.690. The quantitative estimate of drug-likeness (QED) is 0.292. The molecule has 0 spiro atoms. The minimum absolute atomic E-state index is 0.237. The zero-order chi connectivity index (χ0) is 23.5. The maximum absolute atomic E-state index is 13.1. The van der Waals surface area contributed by atoms with Crippen LogP contribution in [-0.4, -0.2) is 29.0 Å². The molecule has 7 heteroatoms. The summed E-state index contributed by atoms with van der Waals surface area (Å²) in [4.78, 5) is 32.3. The Morgan fingerprint density at radius 2 is 1.79 bits per heavy atom. The van der Waals surface area contributed by atoms with Gasteiger partial charge in [0.15, 0.2) is 0 Å². The molecule has 2 heterocycles. The number of aromatic amines is 1. The first-order valence-corrected chi connectivity index (χ1v) is 10.8. The van der Waals surface area contributed by atoms with Crippen molar-refractivity contribution in [1.29, 1.82) is 0 Å². The molecule has 0 unspecified atom stereocenters. The lowest BCUT2D eigenvalue weighted by Crippen LogP contribution is -2.10. The SMILES string of the molecule is COC(=O)c1ccc2c(c1)NC(=O)C2=C(Nc1ccc(Cc2c[nH]cn2)cc1)c1ccccc1. The van der Waals surface area contributed by atoms with Crippen molar-refractivity contribution in [1.82, 2.24) is 9.97 Å². The predicted molar refractivity (Wildman–Crippen MR) is 131 cm³/mol. The Bertz CT molecular complexity index is 1380. The lowest BCUT2D eigenvalue weighted by Gasteiger charge is -2.15. The van der Waals surface area contributed by atoms with Gasteiger partial charge in [-0.2, -0.15) is 0 Å². The third-order valence-corrected chi connectivity index (χ3v) is 5.66. The lowest BCUT2D eigenvalue weighted by atomic mass is 9.99. The fraction of sp³-hybridized carbons (Fsp3) is 0.0741. The number of H-pyrrole nitrogens is 1. The van der Waals surface area contributed by atoms with Gasteiger partial charge in [0.25, 0.3) is 5.91 Å². The van der Waals surface area contributed by atoms with Crippen LogP contribution in [-0.2, 0) is 16.0 Å². The number of ether oxygens (including phenoxy) is 1. The van der Waals surface area contributed by atoms with Crippen LogP contribution >= 0.6 is 0 Å². The van der Waals surface area contributed by atoms with Gasteiger partial charge in [-0.05, 0) is 35.4 Å². The maximum Gasteiger partial charge on any atom is 0.337 e. The molecule has 1 aromatic heterocycles. The first kappa shape index (κ1) is 21.2. The van der Waals surface area contributed by atoms with E-state index in [-0.39, 0.29) is 5.91 Å². The number of esters is 1. The van der Waals surface area contributed by atoms with E-state index < -0.39 is 5.97 Å². The number of fused-ring (bicyclic) bond motifs is 1. The van der Waals surface area contributed by atoms with Crippen molar-refractivity contribution in [3.05, 3.63) is 113 Å². The van der Waals surface area contributed by atoms with Gasteiger partial charge in [0, 0.05) is 23.9 Å². The monoisotopic (exact) mass is 450 g/mol. The number of methoxy groups -OCH3 is 1. The number of hydrogen-bond acceptors (Lipinski definition) is 5. The van der Waals surface area contributed by atoms with Gasteiger partial charge in [0.2, 0.25) is 0 Å². The van der Waals surface area contributed by atoms with E-state index in [1.807, 2.05) is 60.8 Å². The molecule has 5 rings (SSSR count). The van der Waals surface area contributed by atoms with Gasteiger partial charge in [0.05, 0.1) is 41.7 Å². The van der Waals surface area contributed by atoms with Gasteiger partial charge in [-0.1, -0.05) is 48.5 Å². The number of nitrogens with one attached hydrogen (secondary N) is 3. The van der Waals surface area contributed by atoms with E-state index in [0.717, 1.165) is 34.5 Å². The summed E-state index contributed by atoms with van der Waals surface area (Å²) >= 11 is 0. The number of hydrogen-bond donors (Lipinski definition) is 3. The Morgan fingerprint density at radius 1 is 1.00 bits per heavy atom. The number of anilines is 2. The Labute approximate surface area is 196 Å². The Balaban J connectivity index is 1.53. The molecule has 1 amide bonds. The van der Waals surface area contributed by atoms with Crippen molar-refractivity contribution < 1.29 is 14.3 Å². The Hall–Kier alpha value is -4.65. The second-order valence-corrected chi connectivity index (χ2v) is 7.88. The molecule has 1 aliphatic rings. The number of carbonyl (C=O) groups excluding carboxylic acids is 2. The van der Waals surface area contributed by atoms with E-state index in [1.165, 1.54) is 7.11 Å². The number of nitrogens with zero attached hydrogens (tertiary/aromatic N) is 1. The molecular formula is C27H22N4O3. The highest BCUT2D eigenvalue weighted by molar-refractivity contribution is 6.37. The maximum atomic E-state index is 13.1. The van der Waals surface area contributed by atoms with E-state index in [2.05, 4.69) is 20.6 Å². The zero-order valence-corrected chi connectivity index (χ0v) is 18.5. The van der Waals surface area contributed by atoms with Crippen LogP contribution in [0.5, 0.6) is 0 Å². The van der Waals surface area contributed by atoms with E-state index in [0.29, 0.717) is 22.5 Å². The molecule has 0 atom stereocenters. The van der Waals surface area contributed by atoms with Gasteiger partial charge in [-0.25, -0.2) is 9.78 Å². The fourth-order valence-corrected chi connectivity index (χ4v) is 4.00. The van der Waals surface area contributed by atoms with Crippen molar-refractivity contribution >= 4 is 34.5 Å². The Morgan fingerprint density at radius 3 is 2.50 bits per heavy atom. The summed E-state index contributed by atoms with van der Waals surface area (Å²) in [5.41, 5.74) is 6.70. The normalized spacial score (nSPS) is 13.7. The molecule has 168 valence electrons. The molecule has 0 saturated heterocycles. The minimum atomic E-state index is -0.453. The molecule has 7 nitrogen and oxygen atoms in total. The highest BCUT2D eigenvalue weighted by atomic mass is 16.5. The topological polar surface area (TPSA) is 96.1 Å². The Kier molecular flexibility index (Phi) is 5.66. The van der Waals surface area contributed by atoms with Crippen LogP contribution < -0.4 is 10.6 Å². The molecule has 4 aromatic rings. The second-order valence-electron chi connectivity index (χ2n) is 7.88. The number of imidazole rings is 1. The molecule has 0 fully saturated rings. The van der Waals surface area contributed by atoms with Gasteiger partial charge in [-0.15, -0.1) is 0 Å². The number of amides is 1. The highest BCUT2D eigenvalue weighted by Gasteiger charge is 2.29. The molecule has 0 aliphatic carbocycles. The van der Waals surface area contributed by atoms with Crippen LogP contribution in [0.2, 0.25) is 0 Å². The summed E-state index contributed by atoms with van der Waals surface area (Å²) in [7, 11) is 1.33. The van der Waals surface area contributed by atoms with Crippen molar-refractivity contribution in [2.75, 3.05) is 17.7 Å². The van der Waals surface area contributed by atoms with Crippen LogP contribution in [0.1, 0.15) is 32.7 Å². The summed E-state index contributed by atoms with van der Waals surface area (Å²) < 4.78 is 4.81. The zero-order valence-electron chi connectivity index (χ0n) is 18.5. The average molecular weight is 450 g/mol. The average Bonchev–Trinajstić information content (AvgIpc) is 3.50. The largest absolute Gasteiger partial charge is 0.465 e. The molecule has 0 bridgehead atoms. The summed E-state index contributed by atoms with van der Waals surface area (Å²) in [6.45, 7) is 0. The molecule has 34 heavy (non-hydrogen) atoms. The van der Waals surface area contributed by atoms with Gasteiger partial charge < -0.3 is 20.4 Å². The first-order valence-electron chi connectivity index (χ1n) is 10.8. The molecular weight excluding hydrogens is 428 g/mol. The second kappa shape index (κ2) is 9.07. The van der Waals surface area contributed by atoms with E-state index in [4.69, 9.17) is 4.74 Å². The van der Waals surface area contributed by atoms with Crippen molar-refractivity contribution in [3.8, 4) is 0 Å². The van der Waals surface area contributed by atoms with Crippen LogP contribution in [0.15, 0.2) is 85.3 Å². The summed E-state index contributed by atoms with van der Waals surface area (Å²) in [6, 6.07) is 22.8.